The van der Waals surface area contributed by atoms with Gasteiger partial charge in [-0.2, -0.15) is 0 Å². The maximum atomic E-state index is 10.4. The van der Waals surface area contributed by atoms with E-state index >= 15 is 0 Å². The van der Waals surface area contributed by atoms with Crippen molar-refractivity contribution < 1.29 is 9.84 Å². The highest BCUT2D eigenvalue weighted by atomic mass is 127. The van der Waals surface area contributed by atoms with Gasteiger partial charge in [-0.25, -0.2) is 4.99 Å². The summed E-state index contributed by atoms with van der Waals surface area (Å²) in [6, 6.07) is 7.85. The Morgan fingerprint density at radius 1 is 1.24 bits per heavy atom. The van der Waals surface area contributed by atoms with Crippen molar-refractivity contribution in [2.24, 2.45) is 4.99 Å². The molecule has 0 radical (unpaired) electrons. The van der Waals surface area contributed by atoms with Gasteiger partial charge in [0.1, 0.15) is 12.4 Å². The van der Waals surface area contributed by atoms with Crippen LogP contribution in [-0.4, -0.2) is 36.4 Å². The van der Waals surface area contributed by atoms with Gasteiger partial charge in [-0.15, -0.1) is 24.0 Å². The van der Waals surface area contributed by atoms with Crippen molar-refractivity contribution in [3.05, 3.63) is 42.5 Å². The molecule has 1 rings (SSSR count). The van der Waals surface area contributed by atoms with Gasteiger partial charge in [0.15, 0.2) is 5.96 Å². The summed E-state index contributed by atoms with van der Waals surface area (Å²) >= 11 is 0. The molecule has 0 aromatic heterocycles. The second kappa shape index (κ2) is 13.0. The summed E-state index contributed by atoms with van der Waals surface area (Å²) in [5.41, 5.74) is 0.305. The second-order valence-corrected chi connectivity index (χ2v) is 5.69. The van der Waals surface area contributed by atoms with Gasteiger partial charge >= 0.3 is 0 Å². The molecule has 0 amide bonds. The number of nitrogens with zero attached hydrogens (tertiary/aromatic N) is 1. The minimum absolute atomic E-state index is 0. The van der Waals surface area contributed by atoms with Gasteiger partial charge in [0, 0.05) is 18.7 Å². The SMILES string of the molecule is C=CCOc1ccccc1CN=C(NCC)NCC(O)(CC)CC.I. The quantitative estimate of drug-likeness (QED) is 0.216. The topological polar surface area (TPSA) is 65.9 Å². The number of para-hydroxylation sites is 1. The molecule has 1 aromatic carbocycles. The average molecular weight is 461 g/mol. The van der Waals surface area contributed by atoms with Crippen molar-refractivity contribution >= 4 is 29.9 Å². The lowest BCUT2D eigenvalue weighted by Crippen LogP contribution is -2.46. The van der Waals surface area contributed by atoms with Gasteiger partial charge < -0.3 is 20.5 Å². The maximum absolute atomic E-state index is 10.4. The molecule has 0 unspecified atom stereocenters. The van der Waals surface area contributed by atoms with Crippen molar-refractivity contribution in [3.63, 3.8) is 0 Å². The predicted octanol–water partition coefficient (Wildman–Crippen LogP) is 3.48. The Hall–Kier alpha value is -1.28. The standard InChI is InChI=1S/C19H31N3O2.HI/c1-5-13-24-17-12-10-9-11-16(17)14-21-18(20-8-4)22-15-19(23,6-2)7-3;/h5,9-12,23H,1,6-8,13-15H2,2-4H3,(H2,20,21,22);1H. The van der Waals surface area contributed by atoms with Gasteiger partial charge in [0.25, 0.3) is 0 Å². The predicted molar refractivity (Wildman–Crippen MR) is 116 cm³/mol. The molecule has 1 aromatic rings. The fraction of sp³-hybridized carbons (Fsp3) is 0.526. The van der Waals surface area contributed by atoms with Crippen molar-refractivity contribution in [1.29, 1.82) is 0 Å². The van der Waals surface area contributed by atoms with Gasteiger partial charge in [-0.3, -0.25) is 0 Å². The van der Waals surface area contributed by atoms with Crippen LogP contribution in [0.25, 0.3) is 0 Å². The molecule has 0 fully saturated rings. The van der Waals surface area contributed by atoms with Crippen LogP contribution in [-0.2, 0) is 6.54 Å². The first-order chi connectivity index (χ1) is 11.6. The summed E-state index contributed by atoms with van der Waals surface area (Å²) in [5, 5.41) is 16.8. The third kappa shape index (κ3) is 8.58. The molecule has 25 heavy (non-hydrogen) atoms. The number of benzene rings is 1. The Balaban J connectivity index is 0.00000576. The molecule has 0 atom stereocenters. The Kier molecular flexibility index (Phi) is 12.3. The lowest BCUT2D eigenvalue weighted by molar-refractivity contribution is 0.0367. The number of aliphatic imine (C=N–C) groups is 1. The number of hydrogen-bond donors (Lipinski definition) is 3. The van der Waals surface area contributed by atoms with Crippen LogP contribution in [0.15, 0.2) is 41.9 Å². The molecule has 0 aliphatic heterocycles. The third-order valence-electron chi connectivity index (χ3n) is 3.98. The van der Waals surface area contributed by atoms with E-state index in [9.17, 15) is 5.11 Å². The molecule has 0 saturated carbocycles. The van der Waals surface area contributed by atoms with Crippen LogP contribution in [0.3, 0.4) is 0 Å². The fourth-order valence-electron chi connectivity index (χ4n) is 2.18. The van der Waals surface area contributed by atoms with E-state index in [2.05, 4.69) is 22.2 Å². The van der Waals surface area contributed by atoms with Crippen LogP contribution >= 0.6 is 24.0 Å². The number of hydrogen-bond acceptors (Lipinski definition) is 3. The zero-order valence-corrected chi connectivity index (χ0v) is 17.9. The summed E-state index contributed by atoms with van der Waals surface area (Å²) < 4.78 is 5.66. The molecule has 0 saturated heterocycles. The van der Waals surface area contributed by atoms with Gasteiger partial charge in [-0.1, -0.05) is 44.7 Å². The van der Waals surface area contributed by atoms with E-state index in [0.29, 0.717) is 38.5 Å². The molecule has 0 heterocycles. The van der Waals surface area contributed by atoms with Crippen LogP contribution in [0.4, 0.5) is 0 Å². The molecule has 3 N–H and O–H groups in total. The van der Waals surface area contributed by atoms with E-state index in [4.69, 9.17) is 4.74 Å². The monoisotopic (exact) mass is 461 g/mol. The number of halogens is 1. The van der Waals surface area contributed by atoms with E-state index in [1.54, 1.807) is 6.08 Å². The number of aliphatic hydroxyl groups is 1. The van der Waals surface area contributed by atoms with Crippen LogP contribution in [0.1, 0.15) is 39.2 Å². The minimum Gasteiger partial charge on any atom is -0.489 e. The van der Waals surface area contributed by atoms with Crippen molar-refractivity contribution in [2.75, 3.05) is 19.7 Å². The van der Waals surface area contributed by atoms with E-state index in [0.717, 1.165) is 17.9 Å². The minimum atomic E-state index is -0.707. The molecule has 0 aliphatic carbocycles. The zero-order valence-electron chi connectivity index (χ0n) is 15.5. The normalized spacial score (nSPS) is 11.4. The maximum Gasteiger partial charge on any atom is 0.191 e. The third-order valence-corrected chi connectivity index (χ3v) is 3.98. The van der Waals surface area contributed by atoms with Gasteiger partial charge in [0.05, 0.1) is 12.1 Å². The summed E-state index contributed by atoms with van der Waals surface area (Å²) in [6.07, 6.45) is 3.13. The second-order valence-electron chi connectivity index (χ2n) is 5.69. The summed E-state index contributed by atoms with van der Waals surface area (Å²) in [6.45, 7) is 11.9. The number of nitrogens with one attached hydrogen (secondary N) is 2. The first-order valence-electron chi connectivity index (χ1n) is 8.64. The Morgan fingerprint density at radius 2 is 1.92 bits per heavy atom. The van der Waals surface area contributed by atoms with Crippen LogP contribution < -0.4 is 15.4 Å². The first kappa shape index (κ1) is 23.7. The van der Waals surface area contributed by atoms with Crippen LogP contribution in [0, 0.1) is 0 Å². The van der Waals surface area contributed by atoms with E-state index in [-0.39, 0.29) is 24.0 Å². The molecular weight excluding hydrogens is 429 g/mol. The molecule has 0 spiro atoms. The van der Waals surface area contributed by atoms with Gasteiger partial charge in [0.2, 0.25) is 0 Å². The first-order valence-corrected chi connectivity index (χ1v) is 8.64. The molecule has 5 nitrogen and oxygen atoms in total. The average Bonchev–Trinajstić information content (AvgIpc) is 2.62. The largest absolute Gasteiger partial charge is 0.489 e. The summed E-state index contributed by atoms with van der Waals surface area (Å²) in [4.78, 5) is 4.60. The smallest absolute Gasteiger partial charge is 0.191 e. The number of guanidine groups is 1. The summed E-state index contributed by atoms with van der Waals surface area (Å²) in [5.74, 6) is 1.51. The Labute approximate surface area is 169 Å². The molecule has 142 valence electrons. The molecule has 0 aliphatic rings. The molecule has 0 bridgehead atoms. The molecular formula is C19H32IN3O2. The lowest BCUT2D eigenvalue weighted by atomic mass is 9.98. The highest BCUT2D eigenvalue weighted by Crippen LogP contribution is 2.19. The van der Waals surface area contributed by atoms with Crippen LogP contribution in [0.2, 0.25) is 0 Å². The van der Waals surface area contributed by atoms with Crippen molar-refractivity contribution in [2.45, 2.75) is 45.8 Å². The van der Waals surface area contributed by atoms with E-state index < -0.39 is 5.60 Å². The van der Waals surface area contributed by atoms with E-state index in [1.807, 2.05) is 45.0 Å². The van der Waals surface area contributed by atoms with E-state index in [1.165, 1.54) is 0 Å². The highest BCUT2D eigenvalue weighted by molar-refractivity contribution is 14.0. The fourth-order valence-corrected chi connectivity index (χ4v) is 2.18. The zero-order chi connectivity index (χ0) is 17.8. The number of ether oxygens (including phenoxy) is 1. The number of rotatable bonds is 10. The highest BCUT2D eigenvalue weighted by Gasteiger charge is 2.22. The van der Waals surface area contributed by atoms with Gasteiger partial charge in [-0.05, 0) is 25.8 Å². The van der Waals surface area contributed by atoms with Crippen LogP contribution in [0.5, 0.6) is 5.75 Å². The lowest BCUT2D eigenvalue weighted by Gasteiger charge is -2.26. The van der Waals surface area contributed by atoms with Crippen molar-refractivity contribution in [3.8, 4) is 5.75 Å². The summed E-state index contributed by atoms with van der Waals surface area (Å²) in [7, 11) is 0. The Morgan fingerprint density at radius 3 is 2.52 bits per heavy atom. The van der Waals surface area contributed by atoms with Crippen molar-refractivity contribution in [1.82, 2.24) is 10.6 Å². The molecule has 6 heteroatoms. The Bertz CT molecular complexity index is 531.